The molecule has 5 nitrogen and oxygen atoms in total. The van der Waals surface area contributed by atoms with Crippen LogP contribution >= 0.6 is 11.6 Å². The highest BCUT2D eigenvalue weighted by Gasteiger charge is 2.41. The van der Waals surface area contributed by atoms with Crippen molar-refractivity contribution in [2.45, 2.75) is 44.9 Å². The van der Waals surface area contributed by atoms with E-state index in [0.29, 0.717) is 47.7 Å². The smallest absolute Gasteiger partial charge is 0.336 e. The summed E-state index contributed by atoms with van der Waals surface area (Å²) in [6.07, 6.45) is 1.73. The van der Waals surface area contributed by atoms with Crippen LogP contribution in [0.5, 0.6) is 5.75 Å². The Hall–Kier alpha value is -3.05. The molecule has 4 rings (SSSR count). The molecule has 1 heterocycles. The molecular weight excluding hydrogens is 426 g/mol. The van der Waals surface area contributed by atoms with Crippen LogP contribution in [0.15, 0.2) is 71.1 Å². The summed E-state index contributed by atoms with van der Waals surface area (Å²) in [7, 11) is 0. The number of phenols is 1. The number of ether oxygens (including phenoxy) is 1. The highest BCUT2D eigenvalue weighted by molar-refractivity contribution is 6.30. The summed E-state index contributed by atoms with van der Waals surface area (Å²) in [5, 5.41) is 13.8. The molecule has 0 bridgehead atoms. The molecule has 2 aliphatic rings. The molecule has 0 radical (unpaired) electrons. The lowest BCUT2D eigenvalue weighted by Gasteiger charge is -2.36. The van der Waals surface area contributed by atoms with Crippen LogP contribution in [0.3, 0.4) is 0 Å². The molecular formula is C26H26ClNO4. The standard InChI is InChI=1S/C26H26ClNO4/c1-3-12-32-26(31)23-15(2)28-21-13-18(16-4-8-19(27)9-5-16)14-22(30)25(21)24(23)17-6-10-20(29)11-7-17/h4-11,18,24,28-29H,3,12-14H2,1-2H3/t18-,24+/m1/s1. The summed E-state index contributed by atoms with van der Waals surface area (Å²) in [6.45, 7) is 4.10. The molecule has 166 valence electrons. The number of rotatable bonds is 5. The summed E-state index contributed by atoms with van der Waals surface area (Å²) in [6, 6.07) is 14.3. The normalized spacial score (nSPS) is 20.7. The van der Waals surface area contributed by atoms with Gasteiger partial charge in [-0.2, -0.15) is 0 Å². The molecule has 2 atom stereocenters. The van der Waals surface area contributed by atoms with E-state index in [0.717, 1.165) is 16.8 Å². The average Bonchev–Trinajstić information content (AvgIpc) is 2.77. The first-order valence-electron chi connectivity index (χ1n) is 10.8. The Bertz CT molecular complexity index is 1100. The van der Waals surface area contributed by atoms with Gasteiger partial charge < -0.3 is 15.2 Å². The molecule has 0 amide bonds. The quantitative estimate of drug-likeness (QED) is 0.598. The van der Waals surface area contributed by atoms with Crippen molar-refractivity contribution < 1.29 is 19.4 Å². The maximum atomic E-state index is 13.5. The van der Waals surface area contributed by atoms with E-state index < -0.39 is 11.9 Å². The lowest BCUT2D eigenvalue weighted by atomic mass is 9.72. The SMILES string of the molecule is CCCOC(=O)C1=C(C)NC2=C(C(=O)C[C@H](c3ccc(Cl)cc3)C2)[C@H]1c1ccc(O)cc1. The number of aromatic hydroxyl groups is 1. The number of dihydropyridines is 1. The zero-order valence-corrected chi connectivity index (χ0v) is 18.9. The highest BCUT2D eigenvalue weighted by atomic mass is 35.5. The maximum Gasteiger partial charge on any atom is 0.336 e. The molecule has 0 aromatic heterocycles. The van der Waals surface area contributed by atoms with Gasteiger partial charge >= 0.3 is 5.97 Å². The van der Waals surface area contributed by atoms with Crippen molar-refractivity contribution in [1.29, 1.82) is 0 Å². The number of hydrogen-bond acceptors (Lipinski definition) is 5. The van der Waals surface area contributed by atoms with Crippen LogP contribution in [0.25, 0.3) is 0 Å². The minimum Gasteiger partial charge on any atom is -0.508 e. The summed E-state index contributed by atoms with van der Waals surface area (Å²) < 4.78 is 5.46. The number of phenolic OH excluding ortho intramolecular Hbond substituents is 1. The predicted molar refractivity (Wildman–Crippen MR) is 123 cm³/mol. The van der Waals surface area contributed by atoms with Crippen LogP contribution < -0.4 is 5.32 Å². The Morgan fingerprint density at radius 1 is 1.09 bits per heavy atom. The molecule has 0 saturated carbocycles. The van der Waals surface area contributed by atoms with Crippen molar-refractivity contribution in [1.82, 2.24) is 5.32 Å². The van der Waals surface area contributed by atoms with Crippen molar-refractivity contribution in [2.24, 2.45) is 0 Å². The van der Waals surface area contributed by atoms with Crippen LogP contribution in [-0.4, -0.2) is 23.5 Å². The molecule has 0 unspecified atom stereocenters. The van der Waals surface area contributed by atoms with Crippen LogP contribution in [0, 0.1) is 0 Å². The molecule has 0 fully saturated rings. The first kappa shape index (κ1) is 22.2. The van der Waals surface area contributed by atoms with Crippen LogP contribution in [-0.2, 0) is 14.3 Å². The lowest BCUT2D eigenvalue weighted by Crippen LogP contribution is -2.36. The van der Waals surface area contributed by atoms with Crippen molar-refractivity contribution in [3.05, 3.63) is 87.2 Å². The van der Waals surface area contributed by atoms with Gasteiger partial charge in [0, 0.05) is 34.3 Å². The van der Waals surface area contributed by atoms with Crippen molar-refractivity contribution >= 4 is 23.4 Å². The van der Waals surface area contributed by atoms with Gasteiger partial charge in [-0.1, -0.05) is 42.8 Å². The Balaban J connectivity index is 1.76. The third-order valence-electron chi connectivity index (χ3n) is 6.05. The number of benzene rings is 2. The van der Waals surface area contributed by atoms with Gasteiger partial charge in [-0.3, -0.25) is 4.79 Å². The maximum absolute atomic E-state index is 13.5. The molecule has 32 heavy (non-hydrogen) atoms. The number of nitrogens with one attached hydrogen (secondary N) is 1. The molecule has 1 aliphatic carbocycles. The highest BCUT2D eigenvalue weighted by Crippen LogP contribution is 2.46. The van der Waals surface area contributed by atoms with Crippen LogP contribution in [0.4, 0.5) is 0 Å². The Kier molecular flexibility index (Phi) is 6.38. The first-order valence-corrected chi connectivity index (χ1v) is 11.2. The van der Waals surface area contributed by atoms with Crippen molar-refractivity contribution in [2.75, 3.05) is 6.61 Å². The molecule has 2 aromatic carbocycles. The number of hydrogen-bond donors (Lipinski definition) is 2. The summed E-state index contributed by atoms with van der Waals surface area (Å²) >= 11 is 6.03. The van der Waals surface area contributed by atoms with E-state index in [9.17, 15) is 14.7 Å². The van der Waals surface area contributed by atoms with Gasteiger partial charge in [0.15, 0.2) is 5.78 Å². The number of ketones is 1. The zero-order chi connectivity index (χ0) is 22.8. The van der Waals surface area contributed by atoms with Gasteiger partial charge in [-0.15, -0.1) is 0 Å². The van der Waals surface area contributed by atoms with Gasteiger partial charge in [0.25, 0.3) is 0 Å². The van der Waals surface area contributed by atoms with Crippen LogP contribution in [0.2, 0.25) is 5.02 Å². The predicted octanol–water partition coefficient (Wildman–Crippen LogP) is 5.36. The number of carbonyl (C=O) groups excluding carboxylic acids is 2. The zero-order valence-electron chi connectivity index (χ0n) is 18.2. The largest absolute Gasteiger partial charge is 0.508 e. The average molecular weight is 452 g/mol. The van der Waals surface area contributed by atoms with E-state index >= 15 is 0 Å². The van der Waals surface area contributed by atoms with Crippen molar-refractivity contribution in [3.63, 3.8) is 0 Å². The molecule has 0 spiro atoms. The third kappa shape index (κ3) is 4.30. The van der Waals surface area contributed by atoms with Crippen LogP contribution in [0.1, 0.15) is 56.1 Å². The topological polar surface area (TPSA) is 75.6 Å². The van der Waals surface area contributed by atoms with Gasteiger partial charge in [0.2, 0.25) is 0 Å². The molecule has 6 heteroatoms. The van der Waals surface area contributed by atoms with Gasteiger partial charge in [-0.25, -0.2) is 4.79 Å². The van der Waals surface area contributed by atoms with E-state index in [4.69, 9.17) is 16.3 Å². The van der Waals surface area contributed by atoms with E-state index in [1.807, 2.05) is 38.1 Å². The number of halogens is 1. The second-order valence-corrected chi connectivity index (χ2v) is 8.73. The van der Waals surface area contributed by atoms with Gasteiger partial charge in [0.1, 0.15) is 5.75 Å². The number of esters is 1. The minimum atomic E-state index is -0.533. The Labute approximate surface area is 192 Å². The molecule has 0 saturated heterocycles. The number of allylic oxidation sites excluding steroid dienone is 3. The second kappa shape index (κ2) is 9.21. The Morgan fingerprint density at radius 3 is 2.41 bits per heavy atom. The van der Waals surface area contributed by atoms with E-state index in [2.05, 4.69) is 5.32 Å². The molecule has 2 aromatic rings. The Morgan fingerprint density at radius 2 is 1.75 bits per heavy atom. The van der Waals surface area contributed by atoms with Gasteiger partial charge in [-0.05, 0) is 61.1 Å². The van der Waals surface area contributed by atoms with E-state index in [1.54, 1.807) is 24.3 Å². The molecule has 2 N–H and O–H groups in total. The minimum absolute atomic E-state index is 0.00469. The second-order valence-electron chi connectivity index (χ2n) is 8.30. The fraction of sp³-hybridized carbons (Fsp3) is 0.308. The van der Waals surface area contributed by atoms with Gasteiger partial charge in [0.05, 0.1) is 12.2 Å². The lowest BCUT2D eigenvalue weighted by molar-refractivity contribution is -0.139. The number of Topliss-reactive ketones (excluding diaryl/α,β-unsaturated/α-hetero) is 1. The van der Waals surface area contributed by atoms with E-state index in [-0.39, 0.29) is 17.5 Å². The first-order chi connectivity index (χ1) is 15.4. The summed E-state index contributed by atoms with van der Waals surface area (Å²) in [4.78, 5) is 26.5. The fourth-order valence-electron chi connectivity index (χ4n) is 4.55. The monoisotopic (exact) mass is 451 g/mol. The van der Waals surface area contributed by atoms with Crippen molar-refractivity contribution in [3.8, 4) is 5.75 Å². The third-order valence-corrected chi connectivity index (χ3v) is 6.30. The summed E-state index contributed by atoms with van der Waals surface area (Å²) in [5.41, 5.74) is 4.41. The fourth-order valence-corrected chi connectivity index (χ4v) is 4.68. The summed E-state index contributed by atoms with van der Waals surface area (Å²) in [5.74, 6) is -0.785. The number of carbonyl (C=O) groups is 2. The molecule has 1 aliphatic heterocycles. The van der Waals surface area contributed by atoms with E-state index in [1.165, 1.54) is 0 Å².